The third kappa shape index (κ3) is 8.02. The van der Waals surface area contributed by atoms with Gasteiger partial charge in [-0.15, -0.1) is 0 Å². The Morgan fingerprint density at radius 2 is 1.69 bits per heavy atom. The maximum Gasteiger partial charge on any atom is 0.266 e. The Morgan fingerprint density at radius 3 is 2.34 bits per heavy atom. The molecule has 8 heteroatoms. The summed E-state index contributed by atoms with van der Waals surface area (Å²) in [6.07, 6.45) is 4.46. The van der Waals surface area contributed by atoms with Crippen molar-refractivity contribution in [2.45, 2.75) is 70.1 Å². The lowest BCUT2D eigenvalue weighted by Crippen LogP contribution is -2.44. The van der Waals surface area contributed by atoms with Crippen molar-refractivity contribution in [1.82, 2.24) is 0 Å². The average molecular weight is 418 g/mol. The molecule has 2 heterocycles. The first kappa shape index (κ1) is 22.7. The molecule has 6 nitrogen and oxygen atoms in total. The highest BCUT2D eigenvalue weighted by molar-refractivity contribution is 5.79. The molecule has 3 fully saturated rings. The number of allylic oxidation sites excluding steroid dienone is 1. The van der Waals surface area contributed by atoms with Crippen LogP contribution >= 0.6 is 0 Å². The van der Waals surface area contributed by atoms with E-state index in [0.29, 0.717) is 64.5 Å². The number of halogens is 2. The smallest absolute Gasteiger partial charge is 0.266 e. The molecule has 0 spiro atoms. The van der Waals surface area contributed by atoms with Crippen molar-refractivity contribution in [3.05, 3.63) is 12.2 Å². The molecule has 0 N–H and O–H groups in total. The van der Waals surface area contributed by atoms with Gasteiger partial charge in [0.1, 0.15) is 5.78 Å². The van der Waals surface area contributed by atoms with E-state index in [2.05, 4.69) is 0 Å². The minimum atomic E-state index is -1.64. The molecule has 0 unspecified atom stereocenters. The maximum atomic E-state index is 12.1. The molecule has 3 rings (SSSR count). The maximum absolute atomic E-state index is 12.1. The number of hydrogen-bond acceptors (Lipinski definition) is 6. The van der Waals surface area contributed by atoms with Crippen molar-refractivity contribution in [3.8, 4) is 0 Å². The van der Waals surface area contributed by atoms with Gasteiger partial charge in [-0.1, -0.05) is 0 Å². The third-order valence-corrected chi connectivity index (χ3v) is 5.67. The largest absolute Gasteiger partial charge is 0.378 e. The van der Waals surface area contributed by atoms with E-state index in [9.17, 15) is 13.6 Å². The summed E-state index contributed by atoms with van der Waals surface area (Å²) < 4.78 is 53.1. The van der Waals surface area contributed by atoms with Crippen molar-refractivity contribution in [2.75, 3.05) is 33.0 Å². The summed E-state index contributed by atoms with van der Waals surface area (Å²) in [5, 5.41) is 0. The molecule has 2 saturated heterocycles. The van der Waals surface area contributed by atoms with E-state index >= 15 is 0 Å². The minimum Gasteiger partial charge on any atom is -0.378 e. The first-order valence-corrected chi connectivity index (χ1v) is 10.7. The van der Waals surface area contributed by atoms with Gasteiger partial charge in [-0.05, 0) is 38.2 Å². The molecule has 166 valence electrons. The summed E-state index contributed by atoms with van der Waals surface area (Å²) in [6, 6.07) is 0. The summed E-state index contributed by atoms with van der Waals surface area (Å²) in [4.78, 5) is 11.2. The molecule has 3 aliphatic rings. The molecule has 0 bridgehead atoms. The summed E-state index contributed by atoms with van der Waals surface area (Å²) in [5.74, 6) is 0.503. The van der Waals surface area contributed by atoms with Crippen LogP contribution < -0.4 is 0 Å². The predicted octanol–water partition coefficient (Wildman–Crippen LogP) is 3.83. The van der Waals surface area contributed by atoms with Crippen LogP contribution in [0.4, 0.5) is 8.78 Å². The number of carbonyl (C=O) groups is 1. The van der Waals surface area contributed by atoms with Gasteiger partial charge >= 0.3 is 0 Å². The summed E-state index contributed by atoms with van der Waals surface area (Å²) in [6.45, 7) is 2.71. The molecule has 2 aliphatic heterocycles. The minimum absolute atomic E-state index is 0.0198. The first-order chi connectivity index (χ1) is 14.1. The van der Waals surface area contributed by atoms with Crippen LogP contribution in [0.2, 0.25) is 0 Å². The van der Waals surface area contributed by atoms with Crippen LogP contribution in [0.25, 0.3) is 0 Å². The lowest BCUT2D eigenvalue weighted by Gasteiger charge is -2.37. The number of Topliss-reactive ketones (excluding diaryl/α,β-unsaturated/α-hetero) is 1. The molecule has 0 radical (unpaired) electrons. The number of carbonyl (C=O) groups excluding carboxylic acids is 1. The Bertz CT molecular complexity index is 513. The fourth-order valence-electron chi connectivity index (χ4n) is 3.89. The topological polar surface area (TPSA) is 63.2 Å². The number of ether oxygens (including phenoxy) is 5. The Kier molecular flexibility index (Phi) is 9.45. The molecule has 0 atom stereocenters. The standard InChI is InChI=1S/C21H32F2O6/c22-19(23)4-1-3-15-11-28-21(29-12-15)16-13-26-20(27-14-16)5-2-10-25-18-8-6-17(24)7-9-18/h4,15-16,18,20-21H,1-3,5-14H2. The van der Waals surface area contributed by atoms with Crippen LogP contribution in [-0.4, -0.2) is 57.5 Å². The van der Waals surface area contributed by atoms with Gasteiger partial charge in [0.2, 0.25) is 0 Å². The number of hydrogen-bond donors (Lipinski definition) is 0. The van der Waals surface area contributed by atoms with Crippen LogP contribution in [-0.2, 0) is 28.5 Å². The van der Waals surface area contributed by atoms with E-state index in [1.54, 1.807) is 0 Å². The molecule has 0 aromatic carbocycles. The van der Waals surface area contributed by atoms with Crippen molar-refractivity contribution in [1.29, 1.82) is 0 Å². The van der Waals surface area contributed by atoms with Gasteiger partial charge in [-0.25, -0.2) is 0 Å². The Hall–Kier alpha value is -0.930. The van der Waals surface area contributed by atoms with E-state index in [4.69, 9.17) is 23.7 Å². The second kappa shape index (κ2) is 12.1. The van der Waals surface area contributed by atoms with Crippen molar-refractivity contribution >= 4 is 5.78 Å². The van der Waals surface area contributed by atoms with E-state index in [0.717, 1.165) is 31.8 Å². The van der Waals surface area contributed by atoms with Crippen LogP contribution in [0.3, 0.4) is 0 Å². The normalized spacial score (nSPS) is 31.6. The summed E-state index contributed by atoms with van der Waals surface area (Å²) in [5.41, 5.74) is 0. The Labute approximate surface area is 170 Å². The lowest BCUT2D eigenvalue weighted by molar-refractivity contribution is -0.282. The Balaban J connectivity index is 1.22. The fraction of sp³-hybridized carbons (Fsp3) is 0.857. The van der Waals surface area contributed by atoms with E-state index in [1.165, 1.54) is 0 Å². The number of rotatable bonds is 9. The van der Waals surface area contributed by atoms with Gasteiger partial charge in [0.25, 0.3) is 6.08 Å². The van der Waals surface area contributed by atoms with Crippen molar-refractivity contribution in [2.24, 2.45) is 11.8 Å². The fourth-order valence-corrected chi connectivity index (χ4v) is 3.89. The zero-order valence-electron chi connectivity index (χ0n) is 16.9. The highest BCUT2D eigenvalue weighted by atomic mass is 19.3. The highest BCUT2D eigenvalue weighted by Gasteiger charge is 2.33. The highest BCUT2D eigenvalue weighted by Crippen LogP contribution is 2.26. The van der Waals surface area contributed by atoms with E-state index in [1.807, 2.05) is 0 Å². The average Bonchev–Trinajstić information content (AvgIpc) is 2.73. The Morgan fingerprint density at radius 1 is 1.00 bits per heavy atom. The van der Waals surface area contributed by atoms with E-state index < -0.39 is 6.08 Å². The predicted molar refractivity (Wildman–Crippen MR) is 100 cm³/mol. The summed E-state index contributed by atoms with van der Waals surface area (Å²) in [7, 11) is 0. The van der Waals surface area contributed by atoms with Crippen LogP contribution in [0.1, 0.15) is 51.4 Å². The SMILES string of the molecule is O=C1CCC(OCCCC2OCC(C3OCC(CCC=C(F)F)CO3)CO2)CC1. The van der Waals surface area contributed by atoms with Crippen LogP contribution in [0.15, 0.2) is 12.2 Å². The van der Waals surface area contributed by atoms with Gasteiger partial charge in [-0.3, -0.25) is 4.79 Å². The van der Waals surface area contributed by atoms with Crippen LogP contribution in [0.5, 0.6) is 0 Å². The van der Waals surface area contributed by atoms with Gasteiger partial charge < -0.3 is 23.7 Å². The van der Waals surface area contributed by atoms with Gasteiger partial charge in [-0.2, -0.15) is 8.78 Å². The quantitative estimate of drug-likeness (QED) is 0.531. The molecule has 29 heavy (non-hydrogen) atoms. The first-order valence-electron chi connectivity index (χ1n) is 10.7. The van der Waals surface area contributed by atoms with Gasteiger partial charge in [0.15, 0.2) is 12.6 Å². The van der Waals surface area contributed by atoms with Gasteiger partial charge in [0.05, 0.1) is 38.4 Å². The molecular formula is C21H32F2O6. The molecular weight excluding hydrogens is 386 g/mol. The molecule has 0 amide bonds. The van der Waals surface area contributed by atoms with Crippen molar-refractivity contribution < 1.29 is 37.3 Å². The second-order valence-corrected chi connectivity index (χ2v) is 8.08. The van der Waals surface area contributed by atoms with Gasteiger partial charge in [0, 0.05) is 31.8 Å². The molecule has 1 saturated carbocycles. The van der Waals surface area contributed by atoms with Crippen molar-refractivity contribution in [3.63, 3.8) is 0 Å². The third-order valence-electron chi connectivity index (χ3n) is 5.67. The monoisotopic (exact) mass is 418 g/mol. The number of ketones is 1. The molecule has 0 aromatic heterocycles. The zero-order chi connectivity index (χ0) is 20.5. The molecule has 1 aliphatic carbocycles. The molecule has 0 aromatic rings. The lowest BCUT2D eigenvalue weighted by atomic mass is 9.96. The summed E-state index contributed by atoms with van der Waals surface area (Å²) >= 11 is 0. The second-order valence-electron chi connectivity index (χ2n) is 8.08. The zero-order valence-corrected chi connectivity index (χ0v) is 16.9. The van der Waals surface area contributed by atoms with Crippen LogP contribution in [0, 0.1) is 11.8 Å². The van der Waals surface area contributed by atoms with E-state index in [-0.39, 0.29) is 30.5 Å².